The number of para-hydroxylation sites is 1. The highest BCUT2D eigenvalue weighted by atomic mass is 16.5. The lowest BCUT2D eigenvalue weighted by molar-refractivity contribution is -0.122. The summed E-state index contributed by atoms with van der Waals surface area (Å²) in [6.45, 7) is 3.06. The van der Waals surface area contributed by atoms with Gasteiger partial charge < -0.3 is 14.8 Å². The van der Waals surface area contributed by atoms with Crippen molar-refractivity contribution in [3.63, 3.8) is 0 Å². The molecule has 2 heterocycles. The third kappa shape index (κ3) is 3.38. The van der Waals surface area contributed by atoms with Crippen molar-refractivity contribution in [1.29, 1.82) is 0 Å². The predicted molar refractivity (Wildman–Crippen MR) is 102 cm³/mol. The monoisotopic (exact) mass is 363 g/mol. The van der Waals surface area contributed by atoms with Crippen LogP contribution >= 0.6 is 0 Å². The molecule has 0 bridgehead atoms. The van der Waals surface area contributed by atoms with E-state index in [9.17, 15) is 4.79 Å². The number of hydrogen-bond donors (Lipinski definition) is 1. The van der Waals surface area contributed by atoms with Gasteiger partial charge in [-0.05, 0) is 25.1 Å². The normalized spacial score (nSPS) is 11.9. The van der Waals surface area contributed by atoms with Crippen LogP contribution in [0.3, 0.4) is 0 Å². The summed E-state index contributed by atoms with van der Waals surface area (Å²) in [4.78, 5) is 12.5. The average Bonchev–Trinajstić information content (AvgIpc) is 3.09. The fourth-order valence-electron chi connectivity index (χ4n) is 3.31. The summed E-state index contributed by atoms with van der Waals surface area (Å²) in [5, 5.41) is 7.35. The van der Waals surface area contributed by atoms with E-state index in [2.05, 4.69) is 16.5 Å². The van der Waals surface area contributed by atoms with E-state index in [0.29, 0.717) is 13.2 Å². The highest BCUT2D eigenvalue weighted by Crippen LogP contribution is 2.37. The van der Waals surface area contributed by atoms with Gasteiger partial charge in [-0.1, -0.05) is 29.8 Å². The number of amides is 1. The summed E-state index contributed by atoms with van der Waals surface area (Å²) in [7, 11) is 1.62. The molecule has 0 radical (unpaired) electrons. The van der Waals surface area contributed by atoms with E-state index < -0.39 is 0 Å². The van der Waals surface area contributed by atoms with E-state index >= 15 is 0 Å². The fourth-order valence-corrected chi connectivity index (χ4v) is 3.31. The van der Waals surface area contributed by atoms with Crippen LogP contribution in [0.25, 0.3) is 11.3 Å². The van der Waals surface area contributed by atoms with Crippen LogP contribution in [-0.2, 0) is 24.5 Å². The number of aryl methyl sites for hydroxylation is 1. The van der Waals surface area contributed by atoms with Crippen molar-refractivity contribution < 1.29 is 14.3 Å². The van der Waals surface area contributed by atoms with Crippen LogP contribution in [-0.4, -0.2) is 22.8 Å². The van der Waals surface area contributed by atoms with Crippen LogP contribution in [0.15, 0.2) is 48.7 Å². The van der Waals surface area contributed by atoms with Gasteiger partial charge in [0.2, 0.25) is 5.91 Å². The Kier molecular flexibility index (Phi) is 4.54. The molecule has 3 aromatic rings. The Morgan fingerprint density at radius 2 is 2.15 bits per heavy atom. The first-order valence-electron chi connectivity index (χ1n) is 8.83. The summed E-state index contributed by atoms with van der Waals surface area (Å²) in [5.74, 6) is 1.48. The Labute approximate surface area is 157 Å². The highest BCUT2D eigenvalue weighted by molar-refractivity contribution is 5.78. The second kappa shape index (κ2) is 7.15. The molecule has 6 heteroatoms. The number of aromatic nitrogens is 2. The summed E-state index contributed by atoms with van der Waals surface area (Å²) in [6, 6.07) is 13.7. The van der Waals surface area contributed by atoms with Gasteiger partial charge in [0, 0.05) is 23.2 Å². The van der Waals surface area contributed by atoms with Crippen molar-refractivity contribution in [2.45, 2.75) is 26.6 Å². The Morgan fingerprint density at radius 3 is 3.00 bits per heavy atom. The van der Waals surface area contributed by atoms with Crippen molar-refractivity contribution in [3.05, 3.63) is 65.4 Å². The Bertz CT molecular complexity index is 994. The summed E-state index contributed by atoms with van der Waals surface area (Å²) < 4.78 is 12.9. The van der Waals surface area contributed by atoms with Crippen LogP contribution in [0.5, 0.6) is 11.5 Å². The lowest BCUT2D eigenvalue weighted by atomic mass is 10.0. The molecule has 0 saturated carbocycles. The number of nitrogens with zero attached hydrogens (tertiary/aromatic N) is 2. The molecule has 1 amide bonds. The first kappa shape index (κ1) is 17.1. The van der Waals surface area contributed by atoms with Gasteiger partial charge in [0.15, 0.2) is 0 Å². The maximum atomic E-state index is 12.5. The second-order valence-electron chi connectivity index (χ2n) is 6.55. The first-order chi connectivity index (χ1) is 13.2. The lowest BCUT2D eigenvalue weighted by Gasteiger charge is -2.20. The summed E-state index contributed by atoms with van der Waals surface area (Å²) in [5.41, 5.74) is 4.99. The van der Waals surface area contributed by atoms with Crippen LogP contribution < -0.4 is 14.8 Å². The average molecular weight is 363 g/mol. The third-order valence-electron chi connectivity index (χ3n) is 4.65. The SMILES string of the molecule is COc1ccccc1CNC(=O)Cn1ncc2c1-c1cc(C)ccc1OC2. The molecule has 27 heavy (non-hydrogen) atoms. The van der Waals surface area contributed by atoms with Crippen LogP contribution in [0.2, 0.25) is 0 Å². The number of benzene rings is 2. The fraction of sp³-hybridized carbons (Fsp3) is 0.238. The molecule has 1 aliphatic heterocycles. The molecule has 0 unspecified atom stereocenters. The molecule has 138 valence electrons. The molecule has 0 aliphatic carbocycles. The number of nitrogens with one attached hydrogen (secondary N) is 1. The molecule has 1 aliphatic rings. The zero-order valence-electron chi connectivity index (χ0n) is 15.4. The van der Waals surface area contributed by atoms with Gasteiger partial charge in [0.1, 0.15) is 24.7 Å². The van der Waals surface area contributed by atoms with Gasteiger partial charge in [0.25, 0.3) is 0 Å². The van der Waals surface area contributed by atoms with Crippen LogP contribution in [0.4, 0.5) is 0 Å². The van der Waals surface area contributed by atoms with Gasteiger partial charge in [-0.25, -0.2) is 0 Å². The predicted octanol–water partition coefficient (Wildman–Crippen LogP) is 3.08. The van der Waals surface area contributed by atoms with Crippen molar-refractivity contribution in [1.82, 2.24) is 15.1 Å². The number of fused-ring (bicyclic) bond motifs is 3. The van der Waals surface area contributed by atoms with Crippen LogP contribution in [0.1, 0.15) is 16.7 Å². The lowest BCUT2D eigenvalue weighted by Crippen LogP contribution is -2.28. The minimum atomic E-state index is -0.104. The topological polar surface area (TPSA) is 65.4 Å². The van der Waals surface area contributed by atoms with Crippen molar-refractivity contribution in [3.8, 4) is 22.8 Å². The molecule has 1 N–H and O–H groups in total. The first-order valence-corrected chi connectivity index (χ1v) is 8.83. The van der Waals surface area contributed by atoms with Gasteiger partial charge in [-0.3, -0.25) is 9.48 Å². The van der Waals surface area contributed by atoms with Gasteiger partial charge in [0.05, 0.1) is 19.0 Å². The maximum absolute atomic E-state index is 12.5. The third-order valence-corrected chi connectivity index (χ3v) is 4.65. The zero-order valence-corrected chi connectivity index (χ0v) is 15.4. The number of ether oxygens (including phenoxy) is 2. The largest absolute Gasteiger partial charge is 0.496 e. The van der Waals surface area contributed by atoms with Crippen molar-refractivity contribution in [2.75, 3.05) is 7.11 Å². The highest BCUT2D eigenvalue weighted by Gasteiger charge is 2.23. The minimum absolute atomic E-state index is 0.104. The molecule has 6 nitrogen and oxygen atoms in total. The van der Waals surface area contributed by atoms with E-state index in [1.54, 1.807) is 18.0 Å². The second-order valence-corrected chi connectivity index (χ2v) is 6.55. The number of methoxy groups -OCH3 is 1. The molecule has 0 fully saturated rings. The molecule has 4 rings (SSSR count). The zero-order chi connectivity index (χ0) is 18.8. The minimum Gasteiger partial charge on any atom is -0.496 e. The standard InChI is InChI=1S/C21H21N3O3/c1-14-7-8-19-17(9-14)21-16(13-27-19)11-23-24(21)12-20(25)22-10-15-5-3-4-6-18(15)26-2/h3-9,11H,10,12-13H2,1-2H3,(H,22,25). The quantitative estimate of drug-likeness (QED) is 0.757. The smallest absolute Gasteiger partial charge is 0.242 e. The molecular weight excluding hydrogens is 342 g/mol. The molecule has 0 saturated heterocycles. The maximum Gasteiger partial charge on any atom is 0.242 e. The van der Waals surface area contributed by atoms with Gasteiger partial charge in [-0.2, -0.15) is 5.10 Å². The molecule has 1 aromatic heterocycles. The molecule has 0 atom stereocenters. The van der Waals surface area contributed by atoms with E-state index in [1.165, 1.54) is 0 Å². The Balaban J connectivity index is 1.51. The number of carbonyl (C=O) groups excluding carboxylic acids is 1. The Morgan fingerprint density at radius 1 is 1.30 bits per heavy atom. The number of hydrogen-bond acceptors (Lipinski definition) is 4. The number of carbonyl (C=O) groups is 1. The summed E-state index contributed by atoms with van der Waals surface area (Å²) >= 11 is 0. The van der Waals surface area contributed by atoms with E-state index in [0.717, 1.165) is 39.4 Å². The van der Waals surface area contributed by atoms with Crippen molar-refractivity contribution in [2.24, 2.45) is 0 Å². The molecule has 2 aromatic carbocycles. The van der Waals surface area contributed by atoms with Gasteiger partial charge >= 0.3 is 0 Å². The Hall–Kier alpha value is -3.28. The van der Waals surface area contributed by atoms with Gasteiger partial charge in [-0.15, -0.1) is 0 Å². The van der Waals surface area contributed by atoms with Crippen LogP contribution in [0, 0.1) is 6.92 Å². The van der Waals surface area contributed by atoms with E-state index in [-0.39, 0.29) is 12.5 Å². The summed E-state index contributed by atoms with van der Waals surface area (Å²) in [6.07, 6.45) is 1.77. The number of rotatable bonds is 5. The van der Waals surface area contributed by atoms with E-state index in [4.69, 9.17) is 9.47 Å². The molecule has 0 spiro atoms. The van der Waals surface area contributed by atoms with Crippen molar-refractivity contribution >= 4 is 5.91 Å². The van der Waals surface area contributed by atoms with E-state index in [1.807, 2.05) is 43.3 Å². The molecular formula is C21H21N3O3.